The highest BCUT2D eigenvalue weighted by Crippen LogP contribution is 2.20. The zero-order valence-corrected chi connectivity index (χ0v) is 14.0. The van der Waals surface area contributed by atoms with Crippen LogP contribution in [0.25, 0.3) is 0 Å². The Morgan fingerprint density at radius 1 is 1.26 bits per heavy atom. The van der Waals surface area contributed by atoms with E-state index in [9.17, 15) is 9.59 Å². The van der Waals surface area contributed by atoms with E-state index >= 15 is 0 Å². The normalized spacial score (nSPS) is 18.1. The molecule has 1 aliphatic heterocycles. The second-order valence-electron chi connectivity index (χ2n) is 6.61. The van der Waals surface area contributed by atoms with Crippen LogP contribution in [0.1, 0.15) is 32.3 Å². The molecular weight excluding hydrogens is 290 g/mol. The summed E-state index contributed by atoms with van der Waals surface area (Å²) < 4.78 is 0. The second-order valence-corrected chi connectivity index (χ2v) is 6.61. The molecule has 5 heteroatoms. The third-order valence-corrected chi connectivity index (χ3v) is 4.08. The van der Waals surface area contributed by atoms with Gasteiger partial charge < -0.3 is 5.32 Å². The molecule has 1 heterocycles. The first-order valence-corrected chi connectivity index (χ1v) is 8.40. The molecule has 0 saturated carbocycles. The highest BCUT2D eigenvalue weighted by molar-refractivity contribution is 5.95. The second kappa shape index (κ2) is 8.67. The van der Waals surface area contributed by atoms with E-state index in [1.54, 1.807) is 0 Å². The summed E-state index contributed by atoms with van der Waals surface area (Å²) in [4.78, 5) is 25.9. The Morgan fingerprint density at radius 3 is 2.70 bits per heavy atom. The van der Waals surface area contributed by atoms with Gasteiger partial charge in [0.15, 0.2) is 0 Å². The van der Waals surface area contributed by atoms with E-state index in [-0.39, 0.29) is 12.5 Å². The molecule has 1 aromatic rings. The molecule has 1 aromatic carbocycles. The number of urea groups is 1. The van der Waals surface area contributed by atoms with Crippen molar-refractivity contribution in [1.82, 2.24) is 15.5 Å². The summed E-state index contributed by atoms with van der Waals surface area (Å²) in [7, 11) is 0. The van der Waals surface area contributed by atoms with Crippen LogP contribution >= 0.6 is 0 Å². The van der Waals surface area contributed by atoms with Crippen LogP contribution in [-0.4, -0.2) is 42.5 Å². The molecule has 1 atom stereocenters. The Hall–Kier alpha value is -1.88. The number of hydrogen-bond donors (Lipinski definition) is 2. The molecule has 1 saturated heterocycles. The Kier molecular flexibility index (Phi) is 6.59. The average Bonchev–Trinajstić information content (AvgIpc) is 2.93. The van der Waals surface area contributed by atoms with E-state index in [0.717, 1.165) is 25.8 Å². The molecule has 0 radical (unpaired) electrons. The van der Waals surface area contributed by atoms with Crippen molar-refractivity contribution in [2.45, 2.75) is 39.2 Å². The zero-order valence-electron chi connectivity index (χ0n) is 14.0. The lowest BCUT2D eigenvalue weighted by molar-refractivity contribution is -0.121. The maximum absolute atomic E-state index is 12.0. The Morgan fingerprint density at radius 2 is 2.00 bits per heavy atom. The molecule has 0 bridgehead atoms. The minimum absolute atomic E-state index is 0.230. The third kappa shape index (κ3) is 6.02. The van der Waals surface area contributed by atoms with Crippen LogP contribution in [0.2, 0.25) is 0 Å². The SMILES string of the molecule is CC(C)CNC(=O)NC(=O)CN1CCCC1Cc1ccccc1. The lowest BCUT2D eigenvalue weighted by Crippen LogP contribution is -2.46. The van der Waals surface area contributed by atoms with E-state index in [1.807, 2.05) is 32.0 Å². The molecule has 3 amide bonds. The number of nitrogens with zero attached hydrogens (tertiary/aromatic N) is 1. The van der Waals surface area contributed by atoms with Crippen molar-refractivity contribution >= 4 is 11.9 Å². The quantitative estimate of drug-likeness (QED) is 0.845. The Bertz CT molecular complexity index is 516. The topological polar surface area (TPSA) is 61.4 Å². The molecule has 23 heavy (non-hydrogen) atoms. The molecule has 0 spiro atoms. The van der Waals surface area contributed by atoms with Gasteiger partial charge in [0, 0.05) is 12.6 Å². The van der Waals surface area contributed by atoms with Gasteiger partial charge in [-0.15, -0.1) is 0 Å². The molecular formula is C18H27N3O2. The number of carbonyl (C=O) groups is 2. The van der Waals surface area contributed by atoms with Gasteiger partial charge in [-0.1, -0.05) is 44.2 Å². The maximum Gasteiger partial charge on any atom is 0.321 e. The van der Waals surface area contributed by atoms with Crippen LogP contribution in [0.4, 0.5) is 4.79 Å². The van der Waals surface area contributed by atoms with Crippen LogP contribution in [0.3, 0.4) is 0 Å². The van der Waals surface area contributed by atoms with Gasteiger partial charge in [-0.05, 0) is 37.3 Å². The van der Waals surface area contributed by atoms with Gasteiger partial charge in [0.1, 0.15) is 0 Å². The fourth-order valence-corrected chi connectivity index (χ4v) is 2.91. The summed E-state index contributed by atoms with van der Waals surface area (Å²) in [6.45, 7) is 5.80. The van der Waals surface area contributed by atoms with Gasteiger partial charge in [0.2, 0.25) is 5.91 Å². The van der Waals surface area contributed by atoms with Crippen LogP contribution in [-0.2, 0) is 11.2 Å². The maximum atomic E-state index is 12.0. The minimum atomic E-state index is -0.400. The molecule has 1 aliphatic rings. The first kappa shape index (κ1) is 17.5. The molecule has 1 unspecified atom stereocenters. The largest absolute Gasteiger partial charge is 0.338 e. The van der Waals surface area contributed by atoms with E-state index < -0.39 is 6.03 Å². The van der Waals surface area contributed by atoms with Gasteiger partial charge >= 0.3 is 6.03 Å². The molecule has 2 rings (SSSR count). The predicted octanol–water partition coefficient (Wildman–Crippen LogP) is 2.18. The fraction of sp³-hybridized carbons (Fsp3) is 0.556. The monoisotopic (exact) mass is 317 g/mol. The van der Waals surface area contributed by atoms with Crippen LogP contribution in [0, 0.1) is 5.92 Å². The van der Waals surface area contributed by atoms with Crippen molar-refractivity contribution in [3.05, 3.63) is 35.9 Å². The van der Waals surface area contributed by atoms with Crippen molar-refractivity contribution < 1.29 is 9.59 Å². The molecule has 0 aromatic heterocycles. The van der Waals surface area contributed by atoms with Gasteiger partial charge in [0.05, 0.1) is 6.54 Å². The van der Waals surface area contributed by atoms with Gasteiger partial charge in [-0.3, -0.25) is 15.0 Å². The van der Waals surface area contributed by atoms with Crippen molar-refractivity contribution in [3.8, 4) is 0 Å². The van der Waals surface area contributed by atoms with E-state index in [2.05, 4.69) is 27.7 Å². The number of rotatable bonds is 6. The molecule has 126 valence electrons. The number of carbonyl (C=O) groups excluding carboxylic acids is 2. The van der Waals surface area contributed by atoms with Crippen molar-refractivity contribution in [2.75, 3.05) is 19.6 Å². The van der Waals surface area contributed by atoms with Gasteiger partial charge in [0.25, 0.3) is 0 Å². The highest BCUT2D eigenvalue weighted by Gasteiger charge is 2.26. The molecule has 0 aliphatic carbocycles. The highest BCUT2D eigenvalue weighted by atomic mass is 16.2. The predicted molar refractivity (Wildman–Crippen MR) is 91.1 cm³/mol. The average molecular weight is 317 g/mol. The summed E-state index contributed by atoms with van der Waals surface area (Å²) in [6.07, 6.45) is 3.15. The third-order valence-electron chi connectivity index (χ3n) is 4.08. The van der Waals surface area contributed by atoms with Crippen LogP contribution in [0.5, 0.6) is 0 Å². The number of nitrogens with one attached hydrogen (secondary N) is 2. The zero-order chi connectivity index (χ0) is 16.7. The summed E-state index contributed by atoms with van der Waals surface area (Å²) in [6, 6.07) is 10.3. The molecule has 1 fully saturated rings. The Balaban J connectivity index is 1.79. The summed E-state index contributed by atoms with van der Waals surface area (Å²) in [5.74, 6) is 0.135. The molecule has 5 nitrogen and oxygen atoms in total. The first-order chi connectivity index (χ1) is 11.0. The summed E-state index contributed by atoms with van der Waals surface area (Å²) in [5, 5.41) is 5.12. The Labute approximate surface area is 138 Å². The van der Waals surface area contributed by atoms with Crippen LogP contribution in [0.15, 0.2) is 30.3 Å². The van der Waals surface area contributed by atoms with Crippen molar-refractivity contribution in [1.29, 1.82) is 0 Å². The van der Waals surface area contributed by atoms with Crippen molar-refractivity contribution in [2.24, 2.45) is 5.92 Å². The van der Waals surface area contributed by atoms with Gasteiger partial charge in [-0.25, -0.2) is 4.79 Å². The lowest BCUT2D eigenvalue weighted by atomic mass is 10.0. The number of hydrogen-bond acceptors (Lipinski definition) is 3. The van der Waals surface area contributed by atoms with E-state index in [4.69, 9.17) is 0 Å². The number of benzene rings is 1. The van der Waals surface area contributed by atoms with Gasteiger partial charge in [-0.2, -0.15) is 0 Å². The van der Waals surface area contributed by atoms with E-state index in [0.29, 0.717) is 18.5 Å². The number of amides is 3. The van der Waals surface area contributed by atoms with Crippen LogP contribution < -0.4 is 10.6 Å². The van der Waals surface area contributed by atoms with E-state index in [1.165, 1.54) is 5.56 Å². The fourth-order valence-electron chi connectivity index (χ4n) is 2.91. The number of likely N-dealkylation sites (tertiary alicyclic amines) is 1. The summed E-state index contributed by atoms with van der Waals surface area (Å²) in [5.41, 5.74) is 1.29. The first-order valence-electron chi connectivity index (χ1n) is 8.40. The lowest BCUT2D eigenvalue weighted by Gasteiger charge is -2.23. The minimum Gasteiger partial charge on any atom is -0.338 e. The standard InChI is InChI=1S/C18H27N3O2/c1-14(2)12-19-18(23)20-17(22)13-21-10-6-9-16(21)11-15-7-4-3-5-8-15/h3-5,7-8,14,16H,6,9-13H2,1-2H3,(H2,19,20,22,23). The summed E-state index contributed by atoms with van der Waals surface area (Å²) >= 11 is 0. The number of imide groups is 1. The molecule has 2 N–H and O–H groups in total. The smallest absolute Gasteiger partial charge is 0.321 e. The van der Waals surface area contributed by atoms with Crippen molar-refractivity contribution in [3.63, 3.8) is 0 Å².